The van der Waals surface area contributed by atoms with Crippen LogP contribution in [0.3, 0.4) is 0 Å². The van der Waals surface area contributed by atoms with Gasteiger partial charge in [-0.3, -0.25) is 4.90 Å². The summed E-state index contributed by atoms with van der Waals surface area (Å²) in [4.78, 5) is 30.0. The quantitative estimate of drug-likeness (QED) is 0.727. The van der Waals surface area contributed by atoms with E-state index in [1.807, 2.05) is 30.3 Å². The smallest absolute Gasteiger partial charge is 0.338 e. The van der Waals surface area contributed by atoms with Gasteiger partial charge in [-0.2, -0.15) is 0 Å². The lowest BCUT2D eigenvalue weighted by molar-refractivity contribution is -0.136. The van der Waals surface area contributed by atoms with Crippen LogP contribution in [0.5, 0.6) is 0 Å². The van der Waals surface area contributed by atoms with Gasteiger partial charge in [0, 0.05) is 31.4 Å². The number of nitrogens with zero attached hydrogens (tertiary/aromatic N) is 2. The zero-order chi connectivity index (χ0) is 20.9. The molecule has 2 saturated heterocycles. The molecule has 1 aromatic carbocycles. The van der Waals surface area contributed by atoms with Crippen LogP contribution in [-0.2, 0) is 9.53 Å². The van der Waals surface area contributed by atoms with Crippen LogP contribution in [0.25, 0.3) is 0 Å². The number of rotatable bonds is 5. The highest BCUT2D eigenvalue weighted by Gasteiger charge is 2.35. The molecule has 7 nitrogen and oxygen atoms in total. The van der Waals surface area contributed by atoms with E-state index in [0.717, 1.165) is 31.5 Å². The molecule has 1 aromatic rings. The second kappa shape index (κ2) is 9.62. The number of urea groups is 1. The minimum atomic E-state index is -0.506. The van der Waals surface area contributed by atoms with Crippen molar-refractivity contribution in [2.75, 3.05) is 39.8 Å². The molecule has 0 bridgehead atoms. The molecule has 2 fully saturated rings. The number of esters is 1. The minimum absolute atomic E-state index is 0.283. The molecule has 7 heteroatoms. The Morgan fingerprint density at radius 3 is 2.43 bits per heavy atom. The van der Waals surface area contributed by atoms with E-state index in [9.17, 15) is 9.59 Å². The van der Waals surface area contributed by atoms with Crippen LogP contribution in [0.15, 0.2) is 41.6 Å². The van der Waals surface area contributed by atoms with Crippen molar-refractivity contribution in [3.63, 3.8) is 0 Å². The van der Waals surface area contributed by atoms with Crippen molar-refractivity contribution in [3.8, 4) is 0 Å². The van der Waals surface area contributed by atoms with Crippen molar-refractivity contribution < 1.29 is 14.3 Å². The third kappa shape index (κ3) is 4.68. The van der Waals surface area contributed by atoms with Crippen molar-refractivity contribution in [1.29, 1.82) is 0 Å². The van der Waals surface area contributed by atoms with Crippen LogP contribution in [0, 0.1) is 0 Å². The summed E-state index contributed by atoms with van der Waals surface area (Å²) in [5.41, 5.74) is 2.01. The molecule has 162 valence electrons. The Balaban J connectivity index is 1.49. The van der Waals surface area contributed by atoms with Crippen LogP contribution in [0.4, 0.5) is 4.79 Å². The van der Waals surface area contributed by atoms with Gasteiger partial charge in [0.25, 0.3) is 0 Å². The van der Waals surface area contributed by atoms with E-state index in [1.165, 1.54) is 39.5 Å². The number of piperidine rings is 2. The number of benzene rings is 1. The number of hydrogen-bond acceptors (Lipinski definition) is 5. The van der Waals surface area contributed by atoms with Gasteiger partial charge in [0.2, 0.25) is 0 Å². The van der Waals surface area contributed by atoms with Crippen molar-refractivity contribution in [3.05, 3.63) is 47.2 Å². The highest BCUT2D eigenvalue weighted by molar-refractivity contribution is 5.95. The molecule has 0 radical (unpaired) electrons. The largest absolute Gasteiger partial charge is 0.466 e. The van der Waals surface area contributed by atoms with Crippen LogP contribution >= 0.6 is 0 Å². The average molecular weight is 413 g/mol. The van der Waals surface area contributed by atoms with E-state index in [1.54, 1.807) is 0 Å². The fraction of sp³-hybridized carbons (Fsp3) is 0.565. The number of hydrogen-bond donors (Lipinski definition) is 2. The maximum atomic E-state index is 12.7. The van der Waals surface area contributed by atoms with E-state index >= 15 is 0 Å². The lowest BCUT2D eigenvalue weighted by Crippen LogP contribution is -2.51. The van der Waals surface area contributed by atoms with Crippen LogP contribution in [0.2, 0.25) is 0 Å². The number of likely N-dealkylation sites (tertiary alicyclic amines) is 2. The van der Waals surface area contributed by atoms with E-state index in [2.05, 4.69) is 20.4 Å². The molecular formula is C23H32N4O3. The second-order valence-corrected chi connectivity index (χ2v) is 8.43. The monoisotopic (exact) mass is 412 g/mol. The molecule has 1 unspecified atom stereocenters. The summed E-state index contributed by atoms with van der Waals surface area (Å²) in [6.07, 6.45) is 6.26. The predicted molar refractivity (Wildman–Crippen MR) is 115 cm³/mol. The highest BCUT2D eigenvalue weighted by atomic mass is 16.5. The standard InChI is InChI=1S/C23H32N4O3/c1-30-22(28)20-19(24-23(29)25-21(20)17-8-4-2-5-9-17)16-26-14-10-18(11-15-26)27-12-6-3-7-13-27/h2,4-5,8-9,18,21H,3,6-7,10-16H2,1H3,(H2,24,25,29). The molecule has 0 spiro atoms. The van der Waals surface area contributed by atoms with E-state index in [-0.39, 0.29) is 6.03 Å². The van der Waals surface area contributed by atoms with Gasteiger partial charge in [-0.25, -0.2) is 9.59 Å². The zero-order valence-corrected chi connectivity index (χ0v) is 17.7. The molecule has 3 aliphatic heterocycles. The molecule has 0 saturated carbocycles. The van der Waals surface area contributed by atoms with Crippen LogP contribution < -0.4 is 10.6 Å². The van der Waals surface area contributed by atoms with Gasteiger partial charge >= 0.3 is 12.0 Å². The molecule has 2 N–H and O–H groups in total. The number of carbonyl (C=O) groups is 2. The molecule has 4 rings (SSSR count). The van der Waals surface area contributed by atoms with Gasteiger partial charge in [0.1, 0.15) is 0 Å². The summed E-state index contributed by atoms with van der Waals surface area (Å²) < 4.78 is 5.08. The fourth-order valence-electron chi connectivity index (χ4n) is 4.94. The van der Waals surface area contributed by atoms with Gasteiger partial charge in [0.15, 0.2) is 0 Å². The summed E-state index contributed by atoms with van der Waals surface area (Å²) in [5, 5.41) is 5.76. The Morgan fingerprint density at radius 1 is 1.07 bits per heavy atom. The first-order valence-corrected chi connectivity index (χ1v) is 11.1. The van der Waals surface area contributed by atoms with E-state index < -0.39 is 12.0 Å². The third-order valence-electron chi connectivity index (χ3n) is 6.54. The fourth-order valence-corrected chi connectivity index (χ4v) is 4.94. The van der Waals surface area contributed by atoms with Gasteiger partial charge in [-0.05, 0) is 44.3 Å². The van der Waals surface area contributed by atoms with Crippen molar-refractivity contribution in [2.24, 2.45) is 0 Å². The van der Waals surface area contributed by atoms with Gasteiger partial charge in [-0.1, -0.05) is 36.8 Å². The SMILES string of the molecule is COC(=O)C1=C(CN2CCC(N3CCCCC3)CC2)NC(=O)NC1c1ccccc1. The number of amides is 2. The van der Waals surface area contributed by atoms with E-state index in [0.29, 0.717) is 23.9 Å². The normalized spacial score (nSPS) is 24.3. The molecular weight excluding hydrogens is 380 g/mol. The molecule has 0 aromatic heterocycles. The Bertz CT molecular complexity index is 781. The maximum Gasteiger partial charge on any atom is 0.338 e. The molecule has 3 aliphatic rings. The number of ether oxygens (including phenoxy) is 1. The summed E-state index contributed by atoms with van der Waals surface area (Å²) in [6, 6.07) is 9.44. The summed E-state index contributed by atoms with van der Waals surface area (Å²) >= 11 is 0. The highest BCUT2D eigenvalue weighted by Crippen LogP contribution is 2.29. The third-order valence-corrected chi connectivity index (χ3v) is 6.54. The second-order valence-electron chi connectivity index (χ2n) is 8.43. The molecule has 1 atom stereocenters. The Morgan fingerprint density at radius 2 is 1.77 bits per heavy atom. The molecule has 30 heavy (non-hydrogen) atoms. The number of methoxy groups -OCH3 is 1. The van der Waals surface area contributed by atoms with E-state index in [4.69, 9.17) is 4.74 Å². The number of nitrogens with one attached hydrogen (secondary N) is 2. The molecule has 2 amide bonds. The van der Waals surface area contributed by atoms with Crippen LogP contribution in [-0.4, -0.2) is 67.7 Å². The van der Waals surface area contributed by atoms with Crippen molar-refractivity contribution in [1.82, 2.24) is 20.4 Å². The predicted octanol–water partition coefficient (Wildman–Crippen LogP) is 2.42. The van der Waals surface area contributed by atoms with Crippen molar-refractivity contribution in [2.45, 2.75) is 44.2 Å². The summed E-state index contributed by atoms with van der Waals surface area (Å²) in [7, 11) is 1.38. The Hall–Kier alpha value is -2.38. The lowest BCUT2D eigenvalue weighted by Gasteiger charge is -2.41. The van der Waals surface area contributed by atoms with Gasteiger partial charge in [-0.15, -0.1) is 0 Å². The van der Waals surface area contributed by atoms with Crippen LogP contribution in [0.1, 0.15) is 43.7 Å². The number of carbonyl (C=O) groups excluding carboxylic acids is 2. The van der Waals surface area contributed by atoms with Gasteiger partial charge < -0.3 is 20.3 Å². The first-order valence-electron chi connectivity index (χ1n) is 11.1. The minimum Gasteiger partial charge on any atom is -0.466 e. The molecule has 0 aliphatic carbocycles. The maximum absolute atomic E-state index is 12.7. The zero-order valence-electron chi connectivity index (χ0n) is 17.7. The van der Waals surface area contributed by atoms with Crippen molar-refractivity contribution >= 4 is 12.0 Å². The first kappa shape index (κ1) is 20.9. The summed E-state index contributed by atoms with van der Waals surface area (Å²) in [5.74, 6) is -0.408. The first-order chi connectivity index (χ1) is 14.7. The molecule has 3 heterocycles. The topological polar surface area (TPSA) is 73.9 Å². The Labute approximate surface area is 178 Å². The summed E-state index contributed by atoms with van der Waals surface area (Å²) in [6.45, 7) is 4.94. The van der Waals surface area contributed by atoms with Gasteiger partial charge in [0.05, 0.1) is 18.7 Å². The Kier molecular flexibility index (Phi) is 6.69. The average Bonchev–Trinajstić information content (AvgIpc) is 2.80. The lowest BCUT2D eigenvalue weighted by atomic mass is 9.94.